The zero-order valence-corrected chi connectivity index (χ0v) is 20.1. The number of carbonyl (C=O) groups excluding carboxylic acids is 1. The Kier molecular flexibility index (Phi) is 4.65. The van der Waals surface area contributed by atoms with Crippen LogP contribution in [-0.4, -0.2) is 42.1 Å². The molecule has 9 nitrogen and oxygen atoms in total. The first kappa shape index (κ1) is 21.9. The van der Waals surface area contributed by atoms with Gasteiger partial charge >= 0.3 is 0 Å². The van der Waals surface area contributed by atoms with Crippen LogP contribution in [0.4, 0.5) is 5.69 Å². The molecule has 0 spiro atoms. The lowest BCUT2D eigenvalue weighted by Gasteiger charge is -2.18. The van der Waals surface area contributed by atoms with Crippen molar-refractivity contribution in [2.45, 2.75) is 12.5 Å². The summed E-state index contributed by atoms with van der Waals surface area (Å²) < 4.78 is 1.90. The number of aromatic nitrogens is 5. The molecule has 3 aromatic heterocycles. The summed E-state index contributed by atoms with van der Waals surface area (Å²) in [6.45, 7) is 0.881. The van der Waals surface area contributed by atoms with Crippen molar-refractivity contribution in [1.29, 1.82) is 5.41 Å². The van der Waals surface area contributed by atoms with Gasteiger partial charge in [-0.15, -0.1) is 6.42 Å². The molecule has 3 aromatic carbocycles. The number of imidazole rings is 1. The summed E-state index contributed by atoms with van der Waals surface area (Å²) in [5.74, 6) is 2.44. The number of aromatic hydroxyl groups is 1. The second-order valence-electron chi connectivity index (χ2n) is 9.46. The van der Waals surface area contributed by atoms with Gasteiger partial charge in [0, 0.05) is 46.9 Å². The molecule has 0 fully saturated rings. The number of anilines is 1. The number of benzene rings is 3. The maximum Gasteiger partial charge on any atom is 0.274 e. The van der Waals surface area contributed by atoms with Crippen LogP contribution in [0.25, 0.3) is 32.8 Å². The molecule has 0 saturated carbocycles. The van der Waals surface area contributed by atoms with Gasteiger partial charge in [0.15, 0.2) is 11.1 Å². The minimum atomic E-state index is -0.198. The van der Waals surface area contributed by atoms with Gasteiger partial charge in [-0.3, -0.25) is 10.2 Å². The predicted octanol–water partition coefficient (Wildman–Crippen LogP) is 4.00. The maximum absolute atomic E-state index is 13.9. The highest BCUT2D eigenvalue weighted by Gasteiger charge is 2.36. The molecule has 0 aliphatic carbocycles. The number of rotatable bonds is 3. The van der Waals surface area contributed by atoms with Crippen LogP contribution in [0, 0.1) is 17.8 Å². The number of hydrogen-bond acceptors (Lipinski definition) is 5. The minimum Gasteiger partial charge on any atom is -0.507 e. The van der Waals surface area contributed by atoms with E-state index in [1.54, 1.807) is 23.6 Å². The quantitative estimate of drug-likeness (QED) is 0.275. The van der Waals surface area contributed by atoms with Crippen molar-refractivity contribution in [2.24, 2.45) is 0 Å². The van der Waals surface area contributed by atoms with Gasteiger partial charge < -0.3 is 24.5 Å². The van der Waals surface area contributed by atoms with Crippen LogP contribution in [0.3, 0.4) is 0 Å². The number of aromatic amines is 2. The zero-order valence-electron chi connectivity index (χ0n) is 20.1. The Morgan fingerprint density at radius 2 is 2.00 bits per heavy atom. The van der Waals surface area contributed by atoms with E-state index in [2.05, 4.69) is 25.9 Å². The van der Waals surface area contributed by atoms with E-state index in [4.69, 9.17) is 11.8 Å². The Bertz CT molecular complexity index is 2020. The van der Waals surface area contributed by atoms with E-state index in [9.17, 15) is 9.90 Å². The van der Waals surface area contributed by atoms with Crippen LogP contribution >= 0.6 is 0 Å². The molecule has 0 saturated heterocycles. The van der Waals surface area contributed by atoms with Gasteiger partial charge in [-0.05, 0) is 35.2 Å². The van der Waals surface area contributed by atoms with E-state index in [-0.39, 0.29) is 23.1 Å². The molecule has 4 N–H and O–H groups in total. The van der Waals surface area contributed by atoms with E-state index in [1.807, 2.05) is 53.1 Å². The predicted molar refractivity (Wildman–Crippen MR) is 144 cm³/mol. The Hall–Kier alpha value is -5.36. The molecule has 9 heteroatoms. The maximum atomic E-state index is 13.9. The smallest absolute Gasteiger partial charge is 0.274 e. The average molecular weight is 500 g/mol. The zero-order chi connectivity index (χ0) is 26.0. The lowest BCUT2D eigenvalue weighted by atomic mass is 9.94. The number of carbonyl (C=O) groups is 1. The monoisotopic (exact) mass is 499 g/mol. The van der Waals surface area contributed by atoms with Crippen LogP contribution in [0.5, 0.6) is 5.75 Å². The fourth-order valence-corrected chi connectivity index (χ4v) is 5.55. The van der Waals surface area contributed by atoms with Crippen LogP contribution in [0.1, 0.15) is 27.5 Å². The molecule has 4 heterocycles. The molecule has 7 rings (SSSR count). The summed E-state index contributed by atoms with van der Waals surface area (Å²) in [5.41, 5.74) is 4.95. The highest BCUT2D eigenvalue weighted by atomic mass is 16.3. The SMILES string of the molecule is C#Cc1ccc2[nH]c(C(=O)N3C[C@@H](Cn4cnc(=N)c5[nH]cnc54)c4c3cc(O)c3ccccc43)cc2c1. The van der Waals surface area contributed by atoms with E-state index >= 15 is 0 Å². The number of H-pyrrole nitrogens is 2. The first-order chi connectivity index (χ1) is 18.5. The van der Waals surface area contributed by atoms with E-state index in [0.29, 0.717) is 35.6 Å². The van der Waals surface area contributed by atoms with E-state index in [0.717, 1.165) is 32.8 Å². The molecular formula is C29H21N7O2. The topological polar surface area (TPSA) is 127 Å². The summed E-state index contributed by atoms with van der Waals surface area (Å²) in [4.78, 5) is 30.4. The molecular weight excluding hydrogens is 478 g/mol. The lowest BCUT2D eigenvalue weighted by Crippen LogP contribution is -2.31. The van der Waals surface area contributed by atoms with Crippen molar-refractivity contribution in [3.63, 3.8) is 0 Å². The van der Waals surface area contributed by atoms with Crippen molar-refractivity contribution in [3.05, 3.63) is 89.6 Å². The molecule has 1 aliphatic rings. The number of phenolic OH excluding ortho intramolecular Hbond substituents is 1. The second-order valence-corrected chi connectivity index (χ2v) is 9.46. The van der Waals surface area contributed by atoms with Crippen molar-refractivity contribution >= 4 is 44.4 Å². The van der Waals surface area contributed by atoms with Gasteiger partial charge in [-0.1, -0.05) is 30.2 Å². The number of amides is 1. The van der Waals surface area contributed by atoms with E-state index < -0.39 is 0 Å². The van der Waals surface area contributed by atoms with Crippen molar-refractivity contribution in [1.82, 2.24) is 24.5 Å². The minimum absolute atomic E-state index is 0.111. The lowest BCUT2D eigenvalue weighted by molar-refractivity contribution is 0.0984. The summed E-state index contributed by atoms with van der Waals surface area (Å²) in [5, 5.41) is 21.4. The van der Waals surface area contributed by atoms with Crippen LogP contribution in [0.15, 0.2) is 67.3 Å². The van der Waals surface area contributed by atoms with Gasteiger partial charge in [0.25, 0.3) is 5.91 Å². The van der Waals surface area contributed by atoms with Gasteiger partial charge in [-0.2, -0.15) is 0 Å². The third-order valence-electron chi connectivity index (χ3n) is 7.28. The Labute approximate surface area is 215 Å². The third kappa shape index (κ3) is 3.21. The molecule has 0 unspecified atom stereocenters. The number of nitrogens with one attached hydrogen (secondary N) is 3. The molecule has 1 atom stereocenters. The Balaban J connectivity index is 1.36. The molecule has 1 aliphatic heterocycles. The molecule has 0 radical (unpaired) electrons. The van der Waals surface area contributed by atoms with Crippen LogP contribution in [0.2, 0.25) is 0 Å². The van der Waals surface area contributed by atoms with Gasteiger partial charge in [0.2, 0.25) is 0 Å². The number of fused-ring (bicyclic) bond motifs is 5. The van der Waals surface area contributed by atoms with Gasteiger partial charge in [0.1, 0.15) is 17.0 Å². The third-order valence-corrected chi connectivity index (χ3v) is 7.28. The largest absolute Gasteiger partial charge is 0.507 e. The number of hydrogen-bond donors (Lipinski definition) is 4. The normalized spacial score (nSPS) is 14.8. The summed E-state index contributed by atoms with van der Waals surface area (Å²) in [6.07, 6.45) is 8.71. The van der Waals surface area contributed by atoms with E-state index in [1.165, 1.54) is 0 Å². The second kappa shape index (κ2) is 8.08. The Morgan fingerprint density at radius 1 is 1.16 bits per heavy atom. The highest BCUT2D eigenvalue weighted by Crippen LogP contribution is 2.46. The van der Waals surface area contributed by atoms with Crippen LogP contribution < -0.4 is 10.4 Å². The molecule has 6 aromatic rings. The molecule has 0 bridgehead atoms. The van der Waals surface area contributed by atoms with Crippen molar-refractivity contribution in [2.75, 3.05) is 11.4 Å². The summed E-state index contributed by atoms with van der Waals surface area (Å²) in [7, 11) is 0. The van der Waals surface area contributed by atoms with Gasteiger partial charge in [0.05, 0.1) is 18.3 Å². The number of nitrogens with zero attached hydrogens (tertiary/aromatic N) is 4. The fourth-order valence-electron chi connectivity index (χ4n) is 5.55. The Morgan fingerprint density at radius 3 is 2.84 bits per heavy atom. The average Bonchev–Trinajstić information content (AvgIpc) is 3.67. The first-order valence-electron chi connectivity index (χ1n) is 12.1. The first-order valence-corrected chi connectivity index (χ1v) is 12.1. The standard InChI is InChI=1S/C29H21N7O2/c1-2-16-7-8-21-17(9-16)10-22(34-21)29(38)36-13-18(12-35-15-33-27(30)26-28(35)32-14-31-26)25-20-6-4-3-5-19(20)24(37)11-23(25)36/h1,3-11,14-15,18,30,34,37H,12-13H2,(H,31,32)/t18-/m1/s1. The molecule has 38 heavy (non-hydrogen) atoms. The fraction of sp³-hybridized carbons (Fsp3) is 0.103. The highest BCUT2D eigenvalue weighted by molar-refractivity contribution is 6.11. The number of terminal acetylenes is 1. The molecule has 184 valence electrons. The molecule has 1 amide bonds. The summed E-state index contributed by atoms with van der Waals surface area (Å²) >= 11 is 0. The van der Waals surface area contributed by atoms with Crippen molar-refractivity contribution < 1.29 is 9.90 Å². The van der Waals surface area contributed by atoms with Crippen molar-refractivity contribution in [3.8, 4) is 18.1 Å². The van der Waals surface area contributed by atoms with Crippen LogP contribution in [-0.2, 0) is 6.54 Å². The summed E-state index contributed by atoms with van der Waals surface area (Å²) in [6, 6.07) is 16.7. The number of phenols is 1. The van der Waals surface area contributed by atoms with Gasteiger partial charge in [-0.25, -0.2) is 9.97 Å².